The summed E-state index contributed by atoms with van der Waals surface area (Å²) in [6.45, 7) is 3.64. The molecule has 2 heterocycles. The van der Waals surface area contributed by atoms with Gasteiger partial charge in [0.25, 0.3) is 0 Å². The quantitative estimate of drug-likeness (QED) is 0.317. The molecule has 174 valence electrons. The molecule has 0 spiro atoms. The molecule has 33 heavy (non-hydrogen) atoms. The van der Waals surface area contributed by atoms with E-state index in [0.29, 0.717) is 31.4 Å². The van der Waals surface area contributed by atoms with E-state index in [1.165, 1.54) is 9.87 Å². The number of hydrazone groups is 1. The lowest BCUT2D eigenvalue weighted by atomic mass is 10.1. The number of nitrogens with zero attached hydrogens (tertiary/aromatic N) is 3. The van der Waals surface area contributed by atoms with E-state index in [9.17, 15) is 8.42 Å². The Morgan fingerprint density at radius 1 is 1.21 bits per heavy atom. The maximum atomic E-state index is 13.1. The maximum absolute atomic E-state index is 13.1. The van der Waals surface area contributed by atoms with Gasteiger partial charge in [-0.2, -0.15) is 9.41 Å². The number of ether oxygens (including phenoxy) is 1. The van der Waals surface area contributed by atoms with Crippen LogP contribution >= 0.6 is 12.2 Å². The van der Waals surface area contributed by atoms with Crippen LogP contribution in [0.3, 0.4) is 0 Å². The molecular formula is C23H27N5O3S2. The van der Waals surface area contributed by atoms with E-state index >= 15 is 0 Å². The number of aryl methyl sites for hydroxylation is 2. The molecule has 10 heteroatoms. The Bertz CT molecular complexity index is 1290. The first kappa shape index (κ1) is 23.4. The molecule has 8 nitrogen and oxygen atoms in total. The van der Waals surface area contributed by atoms with Crippen LogP contribution in [0.25, 0.3) is 10.9 Å². The van der Waals surface area contributed by atoms with Crippen LogP contribution in [0.15, 0.2) is 58.7 Å². The molecule has 1 aromatic heterocycles. The van der Waals surface area contributed by atoms with E-state index in [-0.39, 0.29) is 4.90 Å². The molecule has 4 rings (SSSR count). The molecule has 1 saturated heterocycles. The topological polar surface area (TPSA) is 88.0 Å². The number of morpholine rings is 1. The number of aromatic nitrogens is 1. The highest BCUT2D eigenvalue weighted by Crippen LogP contribution is 2.25. The average molecular weight is 486 g/mol. The highest BCUT2D eigenvalue weighted by atomic mass is 32.2. The summed E-state index contributed by atoms with van der Waals surface area (Å²) >= 11 is 5.34. The van der Waals surface area contributed by atoms with Gasteiger partial charge in [0.15, 0.2) is 5.11 Å². The first-order valence-corrected chi connectivity index (χ1v) is 12.6. The minimum atomic E-state index is -3.58. The molecule has 0 saturated carbocycles. The van der Waals surface area contributed by atoms with Crippen molar-refractivity contribution in [3.05, 3.63) is 59.8 Å². The van der Waals surface area contributed by atoms with Gasteiger partial charge < -0.3 is 14.6 Å². The summed E-state index contributed by atoms with van der Waals surface area (Å²) in [5.41, 5.74) is 6.63. The Morgan fingerprint density at radius 2 is 2.00 bits per heavy atom. The van der Waals surface area contributed by atoms with Gasteiger partial charge in [-0.25, -0.2) is 8.42 Å². The van der Waals surface area contributed by atoms with Crippen LogP contribution in [0.5, 0.6) is 0 Å². The zero-order valence-corrected chi connectivity index (χ0v) is 20.2. The summed E-state index contributed by atoms with van der Waals surface area (Å²) < 4.78 is 34.8. The van der Waals surface area contributed by atoms with E-state index < -0.39 is 10.0 Å². The van der Waals surface area contributed by atoms with Crippen LogP contribution in [0.1, 0.15) is 18.1 Å². The van der Waals surface area contributed by atoms with Crippen LogP contribution in [0, 0.1) is 0 Å². The second-order valence-corrected chi connectivity index (χ2v) is 10.1. The number of thiocarbonyl (C=S) groups is 1. The van der Waals surface area contributed by atoms with Crippen molar-refractivity contribution < 1.29 is 13.2 Å². The summed E-state index contributed by atoms with van der Waals surface area (Å²) in [5.74, 6) is 0. The number of hydrogen-bond acceptors (Lipinski definition) is 5. The smallest absolute Gasteiger partial charge is 0.243 e. The zero-order valence-electron chi connectivity index (χ0n) is 18.6. The van der Waals surface area contributed by atoms with Gasteiger partial charge >= 0.3 is 0 Å². The number of nitrogens with one attached hydrogen (secondary N) is 2. The highest BCUT2D eigenvalue weighted by Gasteiger charge is 2.26. The number of sulfonamides is 1. The number of rotatable bonds is 6. The minimum absolute atomic E-state index is 0.263. The molecule has 1 aliphatic rings. The summed E-state index contributed by atoms with van der Waals surface area (Å²) in [5, 5.41) is 8.54. The van der Waals surface area contributed by atoms with Gasteiger partial charge in [-0.1, -0.05) is 19.1 Å². The molecular weight excluding hydrogens is 458 g/mol. The van der Waals surface area contributed by atoms with Gasteiger partial charge in [0, 0.05) is 48.5 Å². The third-order valence-corrected chi connectivity index (χ3v) is 7.65. The van der Waals surface area contributed by atoms with E-state index in [1.807, 2.05) is 42.1 Å². The van der Waals surface area contributed by atoms with Gasteiger partial charge in [-0.15, -0.1) is 0 Å². The summed E-state index contributed by atoms with van der Waals surface area (Å²) in [7, 11) is -1.67. The van der Waals surface area contributed by atoms with Crippen LogP contribution < -0.4 is 10.7 Å². The lowest BCUT2D eigenvalue weighted by molar-refractivity contribution is 0.0730. The molecule has 2 aromatic carbocycles. The SMILES string of the molecule is CCc1cccc(NC(=S)NN=Cc2cn(C)c3ccc(S(=O)(=O)N4CCOCC4)cc23)c1. The van der Waals surface area contributed by atoms with Crippen molar-refractivity contribution in [3.8, 4) is 0 Å². The normalized spacial score (nSPS) is 15.2. The highest BCUT2D eigenvalue weighted by molar-refractivity contribution is 7.89. The lowest BCUT2D eigenvalue weighted by Gasteiger charge is -2.26. The van der Waals surface area contributed by atoms with Crippen LogP contribution in [-0.2, 0) is 28.2 Å². The number of benzene rings is 2. The average Bonchev–Trinajstić information content (AvgIpc) is 3.14. The Hall–Kier alpha value is -2.79. The van der Waals surface area contributed by atoms with Crippen molar-refractivity contribution in [2.24, 2.45) is 12.1 Å². The van der Waals surface area contributed by atoms with E-state index in [0.717, 1.165) is 28.6 Å². The Morgan fingerprint density at radius 3 is 2.76 bits per heavy atom. The molecule has 1 aliphatic heterocycles. The minimum Gasteiger partial charge on any atom is -0.379 e. The summed E-state index contributed by atoms with van der Waals surface area (Å²) in [6, 6.07) is 13.2. The predicted octanol–water partition coefficient (Wildman–Crippen LogP) is 3.08. The summed E-state index contributed by atoms with van der Waals surface area (Å²) in [6.07, 6.45) is 4.49. The number of hydrogen-bond donors (Lipinski definition) is 2. The molecule has 0 aliphatic carbocycles. The van der Waals surface area contributed by atoms with Crippen molar-refractivity contribution in [1.29, 1.82) is 0 Å². The predicted molar refractivity (Wildman–Crippen MR) is 135 cm³/mol. The molecule has 1 fully saturated rings. The Kier molecular flexibility index (Phi) is 7.08. The van der Waals surface area contributed by atoms with Crippen molar-refractivity contribution in [2.75, 3.05) is 31.6 Å². The van der Waals surface area contributed by atoms with E-state index in [1.54, 1.807) is 18.3 Å². The molecule has 0 bridgehead atoms. The summed E-state index contributed by atoms with van der Waals surface area (Å²) in [4.78, 5) is 0.263. The van der Waals surface area contributed by atoms with Crippen molar-refractivity contribution in [3.63, 3.8) is 0 Å². The number of anilines is 1. The van der Waals surface area contributed by atoms with Crippen molar-refractivity contribution >= 4 is 50.2 Å². The van der Waals surface area contributed by atoms with Gasteiger partial charge in [0.2, 0.25) is 10.0 Å². The maximum Gasteiger partial charge on any atom is 0.243 e. The lowest BCUT2D eigenvalue weighted by Crippen LogP contribution is -2.40. The molecule has 2 N–H and O–H groups in total. The Balaban J connectivity index is 1.52. The van der Waals surface area contributed by atoms with Gasteiger partial charge in [-0.3, -0.25) is 5.43 Å². The van der Waals surface area contributed by atoms with Crippen LogP contribution in [0.4, 0.5) is 5.69 Å². The standard InChI is InChI=1S/C23H27N5O3S2/c1-3-17-5-4-6-19(13-17)25-23(32)26-24-15-18-16-27(2)22-8-7-20(14-21(18)22)33(29,30)28-9-11-31-12-10-28/h4-8,13-16H,3,9-12H2,1-2H3,(H2,25,26,32). The monoisotopic (exact) mass is 485 g/mol. The first-order chi connectivity index (χ1) is 15.9. The molecule has 0 amide bonds. The Labute approximate surface area is 199 Å². The molecule has 0 unspecified atom stereocenters. The molecule has 0 radical (unpaired) electrons. The molecule has 3 aromatic rings. The fourth-order valence-electron chi connectivity index (χ4n) is 3.79. The largest absolute Gasteiger partial charge is 0.379 e. The van der Waals surface area contributed by atoms with Gasteiger partial charge in [-0.05, 0) is 54.5 Å². The van der Waals surface area contributed by atoms with Gasteiger partial charge in [0.1, 0.15) is 0 Å². The second kappa shape index (κ2) is 10.0. The van der Waals surface area contributed by atoms with Crippen LogP contribution in [-0.4, -0.2) is 54.9 Å². The van der Waals surface area contributed by atoms with Crippen LogP contribution in [0.2, 0.25) is 0 Å². The zero-order chi connectivity index (χ0) is 23.4. The fourth-order valence-corrected chi connectivity index (χ4v) is 5.39. The first-order valence-electron chi connectivity index (χ1n) is 10.7. The van der Waals surface area contributed by atoms with E-state index in [4.69, 9.17) is 17.0 Å². The fraction of sp³-hybridized carbons (Fsp3) is 0.304. The van der Waals surface area contributed by atoms with E-state index in [2.05, 4.69) is 28.8 Å². The van der Waals surface area contributed by atoms with Gasteiger partial charge in [0.05, 0.1) is 24.3 Å². The van der Waals surface area contributed by atoms with Crippen molar-refractivity contribution in [2.45, 2.75) is 18.2 Å². The third kappa shape index (κ3) is 5.25. The van der Waals surface area contributed by atoms with Crippen molar-refractivity contribution in [1.82, 2.24) is 14.3 Å². The number of fused-ring (bicyclic) bond motifs is 1. The molecule has 0 atom stereocenters. The third-order valence-electron chi connectivity index (χ3n) is 5.56. The second-order valence-electron chi connectivity index (χ2n) is 7.77.